The Hall–Kier alpha value is -2.81. The van der Waals surface area contributed by atoms with Crippen LogP contribution < -0.4 is 0 Å². The summed E-state index contributed by atoms with van der Waals surface area (Å²) in [5.74, 6) is 0.0352. The van der Waals surface area contributed by atoms with Gasteiger partial charge in [-0.3, -0.25) is 10.1 Å². The number of nitro benzene ring substituents is 1. The van der Waals surface area contributed by atoms with Crippen LogP contribution in [0.25, 0.3) is 11.4 Å². The van der Waals surface area contributed by atoms with Gasteiger partial charge in [0, 0.05) is 17.7 Å². The smallest absolute Gasteiger partial charge is 0.343 e. The van der Waals surface area contributed by atoms with Crippen LogP contribution in [0.1, 0.15) is 0 Å². The number of nitro groups is 2. The van der Waals surface area contributed by atoms with Gasteiger partial charge in [-0.1, -0.05) is 0 Å². The first kappa shape index (κ1) is 13.6. The second kappa shape index (κ2) is 5.45. The molecule has 1 heterocycles. The second-order valence-corrected chi connectivity index (χ2v) is 3.88. The minimum Gasteiger partial charge on any atom is -0.392 e. The number of hydrogen-bond acceptors (Lipinski definition) is 6. The van der Waals surface area contributed by atoms with Crippen LogP contribution in [0.2, 0.25) is 0 Å². The molecule has 1 aromatic carbocycles. The molecule has 9 nitrogen and oxygen atoms in total. The summed E-state index contributed by atoms with van der Waals surface area (Å²) in [6.07, 6.45) is 1.09. The number of rotatable bonds is 5. The first-order valence-electron chi connectivity index (χ1n) is 5.60. The number of benzene rings is 1. The van der Waals surface area contributed by atoms with E-state index in [4.69, 9.17) is 5.11 Å². The second-order valence-electron chi connectivity index (χ2n) is 3.88. The lowest BCUT2D eigenvalue weighted by Crippen LogP contribution is -2.07. The summed E-state index contributed by atoms with van der Waals surface area (Å²) in [6.45, 7) is -0.264. The van der Waals surface area contributed by atoms with E-state index in [1.165, 1.54) is 28.8 Å². The van der Waals surface area contributed by atoms with Crippen LogP contribution in [0.4, 0.5) is 11.5 Å². The molecular weight excluding hydrogens is 268 g/mol. The monoisotopic (exact) mass is 278 g/mol. The van der Waals surface area contributed by atoms with E-state index in [2.05, 4.69) is 4.98 Å². The SMILES string of the molecule is O=[N+]([O-])c1ccc(-c2ncc([N+](=O)[O-])n2CCO)cc1. The molecular formula is C11H10N4O5. The van der Waals surface area contributed by atoms with Crippen molar-refractivity contribution >= 4 is 11.5 Å². The average Bonchev–Trinajstić information content (AvgIpc) is 2.83. The maximum Gasteiger partial charge on any atom is 0.343 e. The van der Waals surface area contributed by atoms with Gasteiger partial charge in [0.05, 0.1) is 11.5 Å². The van der Waals surface area contributed by atoms with E-state index in [9.17, 15) is 20.2 Å². The van der Waals surface area contributed by atoms with Crippen LogP contribution in [0.5, 0.6) is 0 Å². The fraction of sp³-hybridized carbons (Fsp3) is 0.182. The van der Waals surface area contributed by atoms with Crippen molar-refractivity contribution in [2.24, 2.45) is 0 Å². The third-order valence-corrected chi connectivity index (χ3v) is 2.68. The molecule has 0 atom stereocenters. The van der Waals surface area contributed by atoms with Crippen LogP contribution >= 0.6 is 0 Å². The van der Waals surface area contributed by atoms with Crippen molar-refractivity contribution in [2.45, 2.75) is 6.54 Å². The maximum atomic E-state index is 10.9. The molecule has 0 amide bonds. The van der Waals surface area contributed by atoms with Gasteiger partial charge >= 0.3 is 5.82 Å². The molecule has 0 radical (unpaired) electrons. The van der Waals surface area contributed by atoms with Crippen LogP contribution in [0.15, 0.2) is 30.5 Å². The molecule has 0 aliphatic carbocycles. The van der Waals surface area contributed by atoms with Crippen molar-refractivity contribution in [1.29, 1.82) is 0 Å². The Bertz CT molecular complexity index is 649. The molecule has 9 heteroatoms. The van der Waals surface area contributed by atoms with Gasteiger partial charge in [-0.15, -0.1) is 0 Å². The Morgan fingerprint density at radius 1 is 1.15 bits per heavy atom. The van der Waals surface area contributed by atoms with Gasteiger partial charge in [0.15, 0.2) is 0 Å². The topological polar surface area (TPSA) is 124 Å². The van der Waals surface area contributed by atoms with Crippen molar-refractivity contribution in [3.8, 4) is 11.4 Å². The summed E-state index contributed by atoms with van der Waals surface area (Å²) in [5, 5.41) is 30.4. The Morgan fingerprint density at radius 2 is 1.80 bits per heavy atom. The predicted octanol–water partition coefficient (Wildman–Crippen LogP) is 1.36. The summed E-state index contributed by atoms with van der Waals surface area (Å²) in [6, 6.07) is 5.49. The zero-order valence-electron chi connectivity index (χ0n) is 10.2. The lowest BCUT2D eigenvalue weighted by Gasteiger charge is -2.03. The third-order valence-electron chi connectivity index (χ3n) is 2.68. The lowest BCUT2D eigenvalue weighted by atomic mass is 10.2. The number of aliphatic hydroxyl groups excluding tert-OH is 1. The highest BCUT2D eigenvalue weighted by atomic mass is 16.6. The maximum absolute atomic E-state index is 10.9. The predicted molar refractivity (Wildman–Crippen MR) is 68.1 cm³/mol. The zero-order chi connectivity index (χ0) is 14.7. The van der Waals surface area contributed by atoms with Crippen LogP contribution in [0.3, 0.4) is 0 Å². The van der Waals surface area contributed by atoms with Crippen LogP contribution in [-0.4, -0.2) is 31.1 Å². The van der Waals surface area contributed by atoms with Gasteiger partial charge in [0.1, 0.15) is 12.7 Å². The Balaban J connectivity index is 2.46. The molecule has 0 saturated carbocycles. The number of hydrogen-bond donors (Lipinski definition) is 1. The van der Waals surface area contributed by atoms with E-state index in [-0.39, 0.29) is 30.5 Å². The fourth-order valence-electron chi connectivity index (χ4n) is 1.80. The third kappa shape index (κ3) is 2.47. The van der Waals surface area contributed by atoms with E-state index in [0.29, 0.717) is 5.56 Å². The normalized spacial score (nSPS) is 10.4. The number of imidazole rings is 1. The van der Waals surface area contributed by atoms with E-state index >= 15 is 0 Å². The highest BCUT2D eigenvalue weighted by Gasteiger charge is 2.21. The van der Waals surface area contributed by atoms with Crippen molar-refractivity contribution < 1.29 is 15.0 Å². The number of nitrogens with zero attached hydrogens (tertiary/aromatic N) is 4. The van der Waals surface area contributed by atoms with Crippen molar-refractivity contribution in [1.82, 2.24) is 9.55 Å². The quantitative estimate of drug-likeness (QED) is 0.650. The van der Waals surface area contributed by atoms with Crippen LogP contribution in [0, 0.1) is 20.2 Å². The molecule has 0 saturated heterocycles. The fourth-order valence-corrected chi connectivity index (χ4v) is 1.80. The standard InChI is InChI=1S/C11H10N4O5/c16-6-5-13-10(15(19)20)7-12-11(13)8-1-3-9(4-2-8)14(17)18/h1-4,7,16H,5-6H2. The van der Waals surface area contributed by atoms with Crippen LogP contribution in [-0.2, 0) is 6.54 Å². The Morgan fingerprint density at radius 3 is 2.30 bits per heavy atom. The first-order chi connectivity index (χ1) is 9.54. The van der Waals surface area contributed by atoms with Crippen molar-refractivity contribution in [3.05, 3.63) is 50.7 Å². The lowest BCUT2D eigenvalue weighted by molar-refractivity contribution is -0.392. The average molecular weight is 278 g/mol. The van der Waals surface area contributed by atoms with E-state index < -0.39 is 9.85 Å². The number of aliphatic hydroxyl groups is 1. The first-order valence-corrected chi connectivity index (χ1v) is 5.60. The summed E-state index contributed by atoms with van der Waals surface area (Å²) < 4.78 is 1.25. The Labute approximate surface area is 112 Å². The number of non-ortho nitro benzene ring substituents is 1. The summed E-state index contributed by atoms with van der Waals surface area (Å²) in [4.78, 5) is 24.2. The molecule has 1 N–H and O–H groups in total. The molecule has 1 aromatic heterocycles. The zero-order valence-corrected chi connectivity index (χ0v) is 10.2. The minimum atomic E-state index is -0.600. The van der Waals surface area contributed by atoms with E-state index in [1.807, 2.05) is 0 Å². The molecule has 2 aromatic rings. The van der Waals surface area contributed by atoms with Gasteiger partial charge in [-0.2, -0.15) is 0 Å². The molecule has 2 rings (SSSR count). The van der Waals surface area contributed by atoms with E-state index in [0.717, 1.165) is 6.20 Å². The van der Waals surface area contributed by atoms with E-state index in [1.54, 1.807) is 0 Å². The number of aromatic nitrogens is 2. The van der Waals surface area contributed by atoms with Crippen molar-refractivity contribution in [3.63, 3.8) is 0 Å². The molecule has 0 spiro atoms. The molecule has 0 aliphatic heterocycles. The molecule has 0 aliphatic rings. The van der Waals surface area contributed by atoms with Gasteiger partial charge in [-0.05, 0) is 17.1 Å². The van der Waals surface area contributed by atoms with Gasteiger partial charge in [0.2, 0.25) is 5.82 Å². The molecule has 104 valence electrons. The minimum absolute atomic E-state index is 0.0165. The summed E-state index contributed by atoms with van der Waals surface area (Å²) >= 11 is 0. The highest BCUT2D eigenvalue weighted by molar-refractivity contribution is 5.59. The van der Waals surface area contributed by atoms with Gasteiger partial charge in [-0.25, -0.2) is 9.55 Å². The molecule has 0 bridgehead atoms. The largest absolute Gasteiger partial charge is 0.392 e. The summed E-state index contributed by atoms with van der Waals surface area (Å²) in [7, 11) is 0. The van der Waals surface area contributed by atoms with Gasteiger partial charge < -0.3 is 15.2 Å². The molecule has 0 fully saturated rings. The highest BCUT2D eigenvalue weighted by Crippen LogP contribution is 2.25. The summed E-state index contributed by atoms with van der Waals surface area (Å²) in [5.41, 5.74) is 0.417. The molecule has 0 unspecified atom stereocenters. The van der Waals surface area contributed by atoms with Gasteiger partial charge in [0.25, 0.3) is 5.69 Å². The Kier molecular flexibility index (Phi) is 3.71. The van der Waals surface area contributed by atoms with Crippen molar-refractivity contribution in [2.75, 3.05) is 6.61 Å². The molecule has 20 heavy (non-hydrogen) atoms.